The van der Waals surface area contributed by atoms with E-state index in [2.05, 4.69) is 15.5 Å². The van der Waals surface area contributed by atoms with Crippen molar-refractivity contribution in [3.8, 4) is 23.0 Å². The molecule has 0 spiro atoms. The fourth-order valence-electron chi connectivity index (χ4n) is 2.38. The summed E-state index contributed by atoms with van der Waals surface area (Å²) in [5, 5.41) is 10.9. The van der Waals surface area contributed by atoms with Crippen molar-refractivity contribution in [2.45, 2.75) is 6.42 Å². The second-order valence-electron chi connectivity index (χ2n) is 5.33. The number of ether oxygens (including phenoxy) is 2. The fraction of sp³-hybridized carbons (Fsp3) is 0.118. The quantitative estimate of drug-likeness (QED) is 0.771. The molecular weight excluding hydrogens is 346 g/mol. The van der Waals surface area contributed by atoms with Crippen molar-refractivity contribution in [1.29, 1.82) is 0 Å². The van der Waals surface area contributed by atoms with Crippen molar-refractivity contribution < 1.29 is 18.7 Å². The molecule has 1 aromatic heterocycles. The first-order chi connectivity index (χ1) is 12.2. The van der Waals surface area contributed by atoms with Gasteiger partial charge in [-0.05, 0) is 42.0 Å². The number of amides is 1. The standard InChI is InChI=1S/C17H12ClN3O4/c18-12-4-2-11(3-5-12)16-20-21-17(25-16)19-15(22)8-10-1-6-13-14(7-10)24-9-23-13/h1-7H,8-9H2,(H,19,21,22). The Morgan fingerprint density at radius 3 is 2.72 bits per heavy atom. The van der Waals surface area contributed by atoms with E-state index in [1.54, 1.807) is 42.5 Å². The van der Waals surface area contributed by atoms with Crippen molar-refractivity contribution in [1.82, 2.24) is 10.2 Å². The van der Waals surface area contributed by atoms with Crippen molar-refractivity contribution in [3.05, 3.63) is 53.1 Å². The molecule has 4 rings (SSSR count). The van der Waals surface area contributed by atoms with E-state index in [9.17, 15) is 4.79 Å². The molecular formula is C17H12ClN3O4. The Bertz CT molecular complexity index is 924. The van der Waals surface area contributed by atoms with Gasteiger partial charge >= 0.3 is 6.01 Å². The van der Waals surface area contributed by atoms with Crippen LogP contribution >= 0.6 is 11.6 Å². The van der Waals surface area contributed by atoms with Gasteiger partial charge in [0.25, 0.3) is 0 Å². The van der Waals surface area contributed by atoms with Gasteiger partial charge in [-0.2, -0.15) is 0 Å². The molecule has 1 amide bonds. The van der Waals surface area contributed by atoms with Crippen LogP contribution in [-0.2, 0) is 11.2 Å². The highest BCUT2D eigenvalue weighted by Crippen LogP contribution is 2.32. The third kappa shape index (κ3) is 3.41. The zero-order valence-electron chi connectivity index (χ0n) is 12.9. The predicted octanol–water partition coefficient (Wildman–Crippen LogP) is 3.30. The van der Waals surface area contributed by atoms with Crippen LogP contribution in [0.1, 0.15) is 5.56 Å². The molecule has 126 valence electrons. The summed E-state index contributed by atoms with van der Waals surface area (Å²) >= 11 is 5.85. The van der Waals surface area contributed by atoms with Gasteiger partial charge in [0, 0.05) is 10.6 Å². The summed E-state index contributed by atoms with van der Waals surface area (Å²) in [6, 6.07) is 12.3. The zero-order valence-corrected chi connectivity index (χ0v) is 13.6. The SMILES string of the molecule is O=C(Cc1ccc2c(c1)OCO2)Nc1nnc(-c2ccc(Cl)cc2)o1. The molecule has 1 aliphatic heterocycles. The van der Waals surface area contributed by atoms with Crippen LogP contribution in [0.4, 0.5) is 6.01 Å². The lowest BCUT2D eigenvalue weighted by atomic mass is 10.1. The van der Waals surface area contributed by atoms with Gasteiger partial charge in [0.15, 0.2) is 11.5 Å². The number of fused-ring (bicyclic) bond motifs is 1. The molecule has 1 N–H and O–H groups in total. The van der Waals surface area contributed by atoms with Crippen LogP contribution in [-0.4, -0.2) is 22.9 Å². The maximum Gasteiger partial charge on any atom is 0.322 e. The molecule has 25 heavy (non-hydrogen) atoms. The Morgan fingerprint density at radius 2 is 1.88 bits per heavy atom. The molecule has 7 nitrogen and oxygen atoms in total. The van der Waals surface area contributed by atoms with Crippen LogP contribution in [0.5, 0.6) is 11.5 Å². The lowest BCUT2D eigenvalue weighted by molar-refractivity contribution is -0.115. The minimum Gasteiger partial charge on any atom is -0.454 e. The molecule has 0 fully saturated rings. The molecule has 0 atom stereocenters. The Hall–Kier alpha value is -3.06. The van der Waals surface area contributed by atoms with Crippen molar-refractivity contribution in [2.24, 2.45) is 0 Å². The predicted molar refractivity (Wildman–Crippen MR) is 89.6 cm³/mol. The molecule has 0 saturated carbocycles. The lowest BCUT2D eigenvalue weighted by Crippen LogP contribution is -2.14. The fourth-order valence-corrected chi connectivity index (χ4v) is 2.51. The highest BCUT2D eigenvalue weighted by molar-refractivity contribution is 6.30. The van der Waals surface area contributed by atoms with E-state index in [4.69, 9.17) is 25.5 Å². The Balaban J connectivity index is 1.42. The van der Waals surface area contributed by atoms with Crippen LogP contribution in [0.25, 0.3) is 11.5 Å². The van der Waals surface area contributed by atoms with E-state index in [1.807, 2.05) is 0 Å². The van der Waals surface area contributed by atoms with Gasteiger partial charge in [-0.25, -0.2) is 0 Å². The Kier molecular flexibility index (Phi) is 3.99. The lowest BCUT2D eigenvalue weighted by Gasteiger charge is -2.02. The topological polar surface area (TPSA) is 86.5 Å². The first-order valence-corrected chi connectivity index (χ1v) is 7.83. The minimum atomic E-state index is -0.273. The van der Waals surface area contributed by atoms with Crippen LogP contribution in [0, 0.1) is 0 Å². The van der Waals surface area contributed by atoms with Crippen LogP contribution in [0.15, 0.2) is 46.9 Å². The van der Waals surface area contributed by atoms with Crippen LogP contribution in [0.2, 0.25) is 5.02 Å². The molecule has 0 saturated heterocycles. The smallest absolute Gasteiger partial charge is 0.322 e. The van der Waals surface area contributed by atoms with E-state index in [0.717, 1.165) is 5.56 Å². The second-order valence-corrected chi connectivity index (χ2v) is 5.77. The molecule has 2 heterocycles. The van der Waals surface area contributed by atoms with Gasteiger partial charge in [0.2, 0.25) is 18.6 Å². The van der Waals surface area contributed by atoms with Crippen molar-refractivity contribution in [2.75, 3.05) is 12.1 Å². The molecule has 3 aromatic rings. The molecule has 2 aromatic carbocycles. The third-order valence-corrected chi connectivity index (χ3v) is 3.82. The van der Waals surface area contributed by atoms with E-state index >= 15 is 0 Å². The van der Waals surface area contributed by atoms with Crippen LogP contribution in [0.3, 0.4) is 0 Å². The highest BCUT2D eigenvalue weighted by Gasteiger charge is 2.16. The number of carbonyl (C=O) groups excluding carboxylic acids is 1. The second kappa shape index (κ2) is 6.45. The Morgan fingerprint density at radius 1 is 1.08 bits per heavy atom. The largest absolute Gasteiger partial charge is 0.454 e. The third-order valence-electron chi connectivity index (χ3n) is 3.56. The summed E-state index contributed by atoms with van der Waals surface area (Å²) in [5.74, 6) is 1.34. The molecule has 1 aliphatic rings. The Labute approximate surface area is 147 Å². The van der Waals surface area contributed by atoms with E-state index in [0.29, 0.717) is 28.0 Å². The number of anilines is 1. The number of aromatic nitrogens is 2. The molecule has 0 aliphatic carbocycles. The maximum atomic E-state index is 12.1. The molecule has 8 heteroatoms. The molecule has 0 unspecified atom stereocenters. The van der Waals surface area contributed by atoms with Crippen molar-refractivity contribution in [3.63, 3.8) is 0 Å². The maximum absolute atomic E-state index is 12.1. The first kappa shape index (κ1) is 15.5. The molecule has 0 bridgehead atoms. The van der Waals surface area contributed by atoms with Gasteiger partial charge in [-0.1, -0.05) is 22.8 Å². The van der Waals surface area contributed by atoms with E-state index < -0.39 is 0 Å². The summed E-state index contributed by atoms with van der Waals surface area (Å²) in [6.45, 7) is 0.195. The average Bonchev–Trinajstić information content (AvgIpc) is 3.24. The molecule has 0 radical (unpaired) electrons. The zero-order chi connectivity index (χ0) is 17.2. The number of rotatable bonds is 4. The van der Waals surface area contributed by atoms with Crippen molar-refractivity contribution >= 4 is 23.5 Å². The van der Waals surface area contributed by atoms with E-state index in [-0.39, 0.29) is 25.1 Å². The minimum absolute atomic E-state index is 0.0377. The summed E-state index contributed by atoms with van der Waals surface area (Å²) in [4.78, 5) is 12.1. The number of hydrogen-bond acceptors (Lipinski definition) is 6. The van der Waals surface area contributed by atoms with Gasteiger partial charge < -0.3 is 13.9 Å². The summed E-state index contributed by atoms with van der Waals surface area (Å²) in [5.41, 5.74) is 1.51. The summed E-state index contributed by atoms with van der Waals surface area (Å²) < 4.78 is 16.0. The number of carbonyl (C=O) groups is 1. The number of nitrogens with zero attached hydrogens (tertiary/aromatic N) is 2. The van der Waals surface area contributed by atoms with Crippen LogP contribution < -0.4 is 14.8 Å². The average molecular weight is 358 g/mol. The van der Waals surface area contributed by atoms with Gasteiger partial charge in [0.1, 0.15) is 0 Å². The number of halogens is 1. The first-order valence-electron chi connectivity index (χ1n) is 7.45. The normalized spacial score (nSPS) is 12.2. The number of hydrogen-bond donors (Lipinski definition) is 1. The van der Waals surface area contributed by atoms with Gasteiger partial charge in [-0.15, -0.1) is 5.10 Å². The number of benzene rings is 2. The summed E-state index contributed by atoms with van der Waals surface area (Å²) in [6.07, 6.45) is 0.148. The summed E-state index contributed by atoms with van der Waals surface area (Å²) in [7, 11) is 0. The van der Waals surface area contributed by atoms with E-state index in [1.165, 1.54) is 0 Å². The number of nitrogens with one attached hydrogen (secondary N) is 1. The highest BCUT2D eigenvalue weighted by atomic mass is 35.5. The van der Waals surface area contributed by atoms with Gasteiger partial charge in [-0.3, -0.25) is 10.1 Å². The monoisotopic (exact) mass is 357 g/mol. The van der Waals surface area contributed by atoms with Gasteiger partial charge in [0.05, 0.1) is 6.42 Å².